The predicted molar refractivity (Wildman–Crippen MR) is 84.5 cm³/mol. The number of benzene rings is 2. The van der Waals surface area contributed by atoms with Crippen LogP contribution >= 0.6 is 0 Å². The first-order chi connectivity index (χ1) is 11.3. The average Bonchev–Trinajstić information content (AvgIpc) is 2.54. The van der Waals surface area contributed by atoms with Crippen LogP contribution in [0.5, 0.6) is 0 Å². The number of hydrogen-bond acceptors (Lipinski definition) is 3. The lowest BCUT2D eigenvalue weighted by Gasteiger charge is -2.22. The largest absolute Gasteiger partial charge is 0.468 e. The molecule has 0 radical (unpaired) electrons. The van der Waals surface area contributed by atoms with Crippen molar-refractivity contribution in [2.45, 2.75) is 24.6 Å². The Morgan fingerprint density at radius 3 is 2.29 bits per heavy atom. The molecule has 2 aromatic carbocycles. The minimum absolute atomic E-state index is 0.111. The number of ether oxygens (including phenoxy) is 1. The summed E-state index contributed by atoms with van der Waals surface area (Å²) < 4.78 is 45.3. The second-order valence-corrected chi connectivity index (χ2v) is 5.46. The van der Waals surface area contributed by atoms with Gasteiger partial charge in [0.05, 0.1) is 7.11 Å². The van der Waals surface area contributed by atoms with Crippen molar-refractivity contribution >= 4 is 5.97 Å². The highest BCUT2D eigenvalue weighted by molar-refractivity contribution is 5.75. The second kappa shape index (κ2) is 7.49. The summed E-state index contributed by atoms with van der Waals surface area (Å²) in [5.41, 5.74) is 6.52. The zero-order valence-electron chi connectivity index (χ0n) is 13.1. The van der Waals surface area contributed by atoms with Crippen LogP contribution in [0.15, 0.2) is 54.6 Å². The molecule has 0 bridgehead atoms. The van der Waals surface area contributed by atoms with Gasteiger partial charge in [-0.05, 0) is 23.1 Å². The lowest BCUT2D eigenvalue weighted by atomic mass is 9.89. The summed E-state index contributed by atoms with van der Waals surface area (Å²) in [6.07, 6.45) is -4.32. The van der Waals surface area contributed by atoms with Gasteiger partial charge in [-0.15, -0.1) is 0 Å². The van der Waals surface area contributed by atoms with Gasteiger partial charge in [-0.25, -0.2) is 0 Å². The molecule has 2 atom stereocenters. The summed E-state index contributed by atoms with van der Waals surface area (Å²) in [4.78, 5) is 11.4. The van der Waals surface area contributed by atoms with Gasteiger partial charge in [0, 0.05) is 0 Å². The SMILES string of the molecule is COC(=O)[C@@H](N)Cc1cccc(C(c2ccccc2)C(F)(F)F)c1. The van der Waals surface area contributed by atoms with Gasteiger partial charge in [0.2, 0.25) is 0 Å². The molecule has 0 fully saturated rings. The molecule has 0 spiro atoms. The smallest absolute Gasteiger partial charge is 0.399 e. The highest BCUT2D eigenvalue weighted by Gasteiger charge is 2.41. The van der Waals surface area contributed by atoms with Crippen LogP contribution in [0.2, 0.25) is 0 Å². The zero-order valence-corrected chi connectivity index (χ0v) is 13.1. The molecule has 6 heteroatoms. The molecule has 128 valence electrons. The molecule has 2 aromatic rings. The van der Waals surface area contributed by atoms with Crippen molar-refractivity contribution in [3.63, 3.8) is 0 Å². The highest BCUT2D eigenvalue weighted by atomic mass is 19.4. The topological polar surface area (TPSA) is 52.3 Å². The predicted octanol–water partition coefficient (Wildman–Crippen LogP) is 3.42. The quantitative estimate of drug-likeness (QED) is 0.851. The van der Waals surface area contributed by atoms with E-state index in [0.29, 0.717) is 5.56 Å². The van der Waals surface area contributed by atoms with E-state index in [9.17, 15) is 18.0 Å². The van der Waals surface area contributed by atoms with Crippen LogP contribution in [0.25, 0.3) is 0 Å². The summed E-state index contributed by atoms with van der Waals surface area (Å²) in [6.45, 7) is 0. The Kier molecular flexibility index (Phi) is 5.62. The molecule has 0 aliphatic carbocycles. The van der Waals surface area contributed by atoms with Crippen molar-refractivity contribution in [3.05, 3.63) is 71.3 Å². The molecule has 0 saturated carbocycles. The van der Waals surface area contributed by atoms with E-state index in [1.807, 2.05) is 0 Å². The van der Waals surface area contributed by atoms with Crippen LogP contribution in [0, 0.1) is 0 Å². The van der Waals surface area contributed by atoms with E-state index in [4.69, 9.17) is 5.73 Å². The lowest BCUT2D eigenvalue weighted by molar-refractivity contribution is -0.142. The Hall–Kier alpha value is -2.34. The van der Waals surface area contributed by atoms with Crippen molar-refractivity contribution in [1.29, 1.82) is 0 Å². The number of carbonyl (C=O) groups is 1. The summed E-state index contributed by atoms with van der Waals surface area (Å²) in [5, 5.41) is 0. The average molecular weight is 337 g/mol. The summed E-state index contributed by atoms with van der Waals surface area (Å²) in [7, 11) is 1.22. The van der Waals surface area contributed by atoms with E-state index in [-0.39, 0.29) is 17.5 Å². The molecule has 1 unspecified atom stereocenters. The van der Waals surface area contributed by atoms with Crippen molar-refractivity contribution in [3.8, 4) is 0 Å². The van der Waals surface area contributed by atoms with Crippen molar-refractivity contribution < 1.29 is 22.7 Å². The fourth-order valence-corrected chi connectivity index (χ4v) is 2.60. The monoisotopic (exact) mass is 337 g/mol. The molecule has 0 amide bonds. The maximum Gasteiger partial charge on any atom is 0.399 e. The van der Waals surface area contributed by atoms with Crippen LogP contribution in [0.4, 0.5) is 13.2 Å². The van der Waals surface area contributed by atoms with Crippen LogP contribution < -0.4 is 5.73 Å². The zero-order chi connectivity index (χ0) is 17.7. The van der Waals surface area contributed by atoms with Crippen LogP contribution in [0.3, 0.4) is 0 Å². The van der Waals surface area contributed by atoms with E-state index in [1.54, 1.807) is 24.3 Å². The number of hydrogen-bond donors (Lipinski definition) is 1. The van der Waals surface area contributed by atoms with Gasteiger partial charge in [0.25, 0.3) is 0 Å². The van der Waals surface area contributed by atoms with Crippen molar-refractivity contribution in [1.82, 2.24) is 0 Å². The van der Waals surface area contributed by atoms with E-state index in [2.05, 4.69) is 4.74 Å². The number of nitrogens with two attached hydrogens (primary N) is 1. The Balaban J connectivity index is 2.35. The van der Waals surface area contributed by atoms with Gasteiger partial charge in [-0.3, -0.25) is 4.79 Å². The Bertz CT molecular complexity index is 686. The molecule has 3 nitrogen and oxygen atoms in total. The van der Waals surface area contributed by atoms with Gasteiger partial charge in [-0.2, -0.15) is 13.2 Å². The molecule has 2 rings (SSSR count). The van der Waals surface area contributed by atoms with Crippen LogP contribution in [-0.2, 0) is 16.0 Å². The molecular weight excluding hydrogens is 319 g/mol. The Morgan fingerprint density at radius 1 is 1.08 bits per heavy atom. The van der Waals surface area contributed by atoms with Crippen molar-refractivity contribution in [2.75, 3.05) is 7.11 Å². The standard InChI is InChI=1S/C18H18F3NO2/c1-24-17(23)15(22)11-12-6-5-9-14(10-12)16(18(19,20)21)13-7-3-2-4-8-13/h2-10,15-16H,11,22H2,1H3/t15-,16?/m0/s1. The second-order valence-electron chi connectivity index (χ2n) is 5.46. The Morgan fingerprint density at radius 2 is 1.71 bits per heavy atom. The number of rotatable bonds is 5. The van der Waals surface area contributed by atoms with Gasteiger partial charge >= 0.3 is 12.1 Å². The third-order valence-electron chi connectivity index (χ3n) is 3.70. The summed E-state index contributed by atoms with van der Waals surface area (Å²) >= 11 is 0. The summed E-state index contributed by atoms with van der Waals surface area (Å²) in [5.74, 6) is -2.33. The third kappa shape index (κ3) is 4.35. The van der Waals surface area contributed by atoms with E-state index in [1.165, 1.54) is 37.4 Å². The van der Waals surface area contributed by atoms with E-state index < -0.39 is 24.1 Å². The fraction of sp³-hybridized carbons (Fsp3) is 0.278. The Labute approximate surface area is 138 Å². The van der Waals surface area contributed by atoms with Gasteiger partial charge in [0.15, 0.2) is 0 Å². The highest BCUT2D eigenvalue weighted by Crippen LogP contribution is 2.40. The third-order valence-corrected chi connectivity index (χ3v) is 3.70. The van der Waals surface area contributed by atoms with E-state index in [0.717, 1.165) is 0 Å². The number of methoxy groups -OCH3 is 1. The molecule has 0 aliphatic heterocycles. The molecule has 0 aliphatic rings. The summed E-state index contributed by atoms with van der Waals surface area (Å²) in [6, 6.07) is 12.9. The molecule has 0 aromatic heterocycles. The number of esters is 1. The van der Waals surface area contributed by atoms with Crippen LogP contribution in [-0.4, -0.2) is 25.3 Å². The van der Waals surface area contributed by atoms with Gasteiger partial charge in [0.1, 0.15) is 12.0 Å². The molecule has 0 saturated heterocycles. The van der Waals surface area contributed by atoms with Crippen LogP contribution in [0.1, 0.15) is 22.6 Å². The number of alkyl halides is 3. The number of carbonyl (C=O) groups excluding carboxylic acids is 1. The maximum absolute atomic E-state index is 13.6. The molecular formula is C18H18F3NO2. The lowest BCUT2D eigenvalue weighted by Crippen LogP contribution is -2.33. The minimum atomic E-state index is -4.43. The fourth-order valence-electron chi connectivity index (χ4n) is 2.60. The first kappa shape index (κ1) is 18.0. The van der Waals surface area contributed by atoms with Gasteiger partial charge in [-0.1, -0.05) is 54.6 Å². The molecule has 24 heavy (non-hydrogen) atoms. The van der Waals surface area contributed by atoms with Crippen molar-refractivity contribution in [2.24, 2.45) is 5.73 Å². The minimum Gasteiger partial charge on any atom is -0.468 e. The first-order valence-corrected chi connectivity index (χ1v) is 7.37. The molecule has 0 heterocycles. The number of halogens is 3. The first-order valence-electron chi connectivity index (χ1n) is 7.37. The maximum atomic E-state index is 13.6. The molecule has 2 N–H and O–H groups in total. The van der Waals surface area contributed by atoms with E-state index >= 15 is 0 Å². The normalized spacial score (nSPS) is 14.0. The van der Waals surface area contributed by atoms with Gasteiger partial charge < -0.3 is 10.5 Å².